The van der Waals surface area contributed by atoms with Crippen LogP contribution in [-0.2, 0) is 0 Å². The van der Waals surface area contributed by atoms with Gasteiger partial charge in [-0.2, -0.15) is 5.10 Å². The number of anilines is 3. The topological polar surface area (TPSA) is 83.1 Å². The van der Waals surface area contributed by atoms with Gasteiger partial charge in [-0.25, -0.2) is 4.79 Å². The average Bonchev–Trinajstić information content (AvgIpc) is 2.73. The molecule has 2 aromatic rings. The lowest BCUT2D eigenvalue weighted by atomic mass is 10.2. The van der Waals surface area contributed by atoms with Crippen molar-refractivity contribution >= 4 is 23.2 Å². The Morgan fingerprint density at radius 3 is 2.54 bits per heavy atom. The molecular formula is C19H26N6O3. The number of para-hydroxylation sites is 1. The van der Waals surface area contributed by atoms with Crippen LogP contribution in [0.1, 0.15) is 0 Å². The summed E-state index contributed by atoms with van der Waals surface area (Å²) in [5.41, 5.74) is 1.58. The summed E-state index contributed by atoms with van der Waals surface area (Å²) in [6.07, 6.45) is 1.73. The molecule has 3 rings (SSSR count). The first-order chi connectivity index (χ1) is 13.5. The number of ether oxygens (including phenoxy) is 2. The van der Waals surface area contributed by atoms with Gasteiger partial charge in [0.2, 0.25) is 0 Å². The van der Waals surface area contributed by atoms with E-state index in [1.165, 1.54) is 0 Å². The van der Waals surface area contributed by atoms with Crippen molar-refractivity contribution in [3.63, 3.8) is 0 Å². The van der Waals surface area contributed by atoms with Crippen molar-refractivity contribution in [3.05, 3.63) is 30.5 Å². The molecule has 1 saturated heterocycles. The molecule has 0 saturated carbocycles. The maximum absolute atomic E-state index is 12.7. The quantitative estimate of drug-likeness (QED) is 0.840. The molecule has 1 fully saturated rings. The smallest absolute Gasteiger partial charge is 0.322 e. The van der Waals surface area contributed by atoms with Crippen LogP contribution < -0.4 is 24.6 Å². The molecule has 1 aliphatic heterocycles. The van der Waals surface area contributed by atoms with Gasteiger partial charge in [0.25, 0.3) is 0 Å². The second-order valence-electron chi connectivity index (χ2n) is 6.61. The van der Waals surface area contributed by atoms with Crippen LogP contribution in [0.15, 0.2) is 30.5 Å². The second-order valence-corrected chi connectivity index (χ2v) is 6.61. The van der Waals surface area contributed by atoms with E-state index in [9.17, 15) is 4.79 Å². The standard InChI is InChI=1S/C19H26N6O3/c1-23(2)14-12-17(22-20-13-14)24-8-10-25(11-9-24)19(26)21-15-6-5-7-16(27-3)18(15)28-4/h5-7,12-13H,8-11H2,1-4H3,(H,21,26). The third-order valence-electron chi connectivity index (χ3n) is 4.68. The maximum Gasteiger partial charge on any atom is 0.322 e. The molecule has 0 radical (unpaired) electrons. The van der Waals surface area contributed by atoms with Crippen molar-refractivity contribution in [2.24, 2.45) is 0 Å². The first kappa shape index (κ1) is 19.5. The van der Waals surface area contributed by atoms with Crippen LogP contribution in [0.3, 0.4) is 0 Å². The number of amides is 2. The molecule has 0 unspecified atom stereocenters. The molecule has 2 amide bonds. The summed E-state index contributed by atoms with van der Waals surface area (Å²) in [4.78, 5) is 18.6. The van der Waals surface area contributed by atoms with Crippen molar-refractivity contribution in [2.75, 3.05) is 69.6 Å². The summed E-state index contributed by atoms with van der Waals surface area (Å²) in [6, 6.07) is 7.22. The van der Waals surface area contributed by atoms with Crippen molar-refractivity contribution in [3.8, 4) is 11.5 Å². The molecule has 150 valence electrons. The number of methoxy groups -OCH3 is 2. The third-order valence-corrected chi connectivity index (χ3v) is 4.68. The van der Waals surface area contributed by atoms with Gasteiger partial charge in [0.1, 0.15) is 0 Å². The highest BCUT2D eigenvalue weighted by atomic mass is 16.5. The van der Waals surface area contributed by atoms with Crippen molar-refractivity contribution in [1.82, 2.24) is 15.1 Å². The van der Waals surface area contributed by atoms with E-state index in [0.29, 0.717) is 43.4 Å². The van der Waals surface area contributed by atoms with E-state index in [4.69, 9.17) is 9.47 Å². The number of urea groups is 1. The second kappa shape index (κ2) is 8.64. The number of carbonyl (C=O) groups is 1. The van der Waals surface area contributed by atoms with Crippen LogP contribution >= 0.6 is 0 Å². The SMILES string of the molecule is COc1cccc(NC(=O)N2CCN(c3cc(N(C)C)cnn3)CC2)c1OC. The fraction of sp³-hybridized carbons (Fsp3) is 0.421. The minimum atomic E-state index is -0.167. The minimum absolute atomic E-state index is 0.167. The molecule has 0 spiro atoms. The first-order valence-electron chi connectivity index (χ1n) is 9.05. The normalized spacial score (nSPS) is 13.9. The van der Waals surface area contributed by atoms with E-state index in [-0.39, 0.29) is 6.03 Å². The lowest BCUT2D eigenvalue weighted by Gasteiger charge is -2.35. The predicted octanol–water partition coefficient (Wildman–Crippen LogP) is 1.91. The number of hydrogen-bond donors (Lipinski definition) is 1. The Kier molecular flexibility index (Phi) is 6.03. The molecule has 2 heterocycles. The van der Waals surface area contributed by atoms with Crippen LogP contribution in [-0.4, -0.2) is 75.6 Å². The van der Waals surface area contributed by atoms with Crippen molar-refractivity contribution in [2.45, 2.75) is 0 Å². The molecule has 0 bridgehead atoms. The number of hydrogen-bond acceptors (Lipinski definition) is 7. The average molecular weight is 386 g/mol. The summed E-state index contributed by atoms with van der Waals surface area (Å²) in [7, 11) is 7.05. The van der Waals surface area contributed by atoms with E-state index in [1.54, 1.807) is 37.4 Å². The molecule has 1 N–H and O–H groups in total. The monoisotopic (exact) mass is 386 g/mol. The van der Waals surface area contributed by atoms with E-state index < -0.39 is 0 Å². The zero-order valence-corrected chi connectivity index (χ0v) is 16.7. The summed E-state index contributed by atoms with van der Waals surface area (Å²) in [6.45, 7) is 2.56. The number of nitrogens with zero attached hydrogens (tertiary/aromatic N) is 5. The molecule has 28 heavy (non-hydrogen) atoms. The zero-order valence-electron chi connectivity index (χ0n) is 16.7. The van der Waals surface area contributed by atoms with Gasteiger partial charge in [0.15, 0.2) is 17.3 Å². The molecule has 0 aliphatic carbocycles. The summed E-state index contributed by atoms with van der Waals surface area (Å²) >= 11 is 0. The summed E-state index contributed by atoms with van der Waals surface area (Å²) < 4.78 is 10.7. The van der Waals surface area contributed by atoms with Crippen LogP contribution in [0.5, 0.6) is 11.5 Å². The molecular weight excluding hydrogens is 360 g/mol. The first-order valence-corrected chi connectivity index (χ1v) is 9.05. The fourth-order valence-electron chi connectivity index (χ4n) is 3.06. The molecule has 9 heteroatoms. The Bertz CT molecular complexity index is 821. The highest BCUT2D eigenvalue weighted by molar-refractivity contribution is 5.91. The number of carbonyl (C=O) groups excluding carboxylic acids is 1. The van der Waals surface area contributed by atoms with Gasteiger partial charge in [-0.3, -0.25) is 0 Å². The van der Waals surface area contributed by atoms with Crippen LogP contribution in [0.4, 0.5) is 22.0 Å². The van der Waals surface area contributed by atoms with Crippen molar-refractivity contribution in [1.29, 1.82) is 0 Å². The maximum atomic E-state index is 12.7. The van der Waals surface area contributed by atoms with Gasteiger partial charge in [-0.05, 0) is 12.1 Å². The number of piperazine rings is 1. The molecule has 1 aromatic carbocycles. The van der Waals surface area contributed by atoms with Crippen LogP contribution in [0.2, 0.25) is 0 Å². The number of benzene rings is 1. The van der Waals surface area contributed by atoms with Crippen LogP contribution in [0.25, 0.3) is 0 Å². The Morgan fingerprint density at radius 2 is 1.89 bits per heavy atom. The Balaban J connectivity index is 1.62. The molecule has 0 atom stereocenters. The van der Waals surface area contributed by atoms with Gasteiger partial charge >= 0.3 is 6.03 Å². The zero-order chi connectivity index (χ0) is 20.1. The predicted molar refractivity (Wildman–Crippen MR) is 109 cm³/mol. The summed E-state index contributed by atoms with van der Waals surface area (Å²) in [5, 5.41) is 11.2. The Morgan fingerprint density at radius 1 is 1.14 bits per heavy atom. The molecule has 1 aromatic heterocycles. The van der Waals surface area contributed by atoms with Gasteiger partial charge in [-0.1, -0.05) is 6.07 Å². The van der Waals surface area contributed by atoms with Gasteiger partial charge in [-0.15, -0.1) is 5.10 Å². The number of rotatable bonds is 5. The van der Waals surface area contributed by atoms with Gasteiger partial charge in [0, 0.05) is 46.3 Å². The minimum Gasteiger partial charge on any atom is -0.493 e. The lowest BCUT2D eigenvalue weighted by Crippen LogP contribution is -2.50. The van der Waals surface area contributed by atoms with Gasteiger partial charge < -0.3 is 29.5 Å². The Labute approximate surface area is 164 Å². The van der Waals surface area contributed by atoms with Crippen molar-refractivity contribution < 1.29 is 14.3 Å². The molecule has 9 nitrogen and oxygen atoms in total. The van der Waals surface area contributed by atoms with E-state index >= 15 is 0 Å². The number of nitrogens with one attached hydrogen (secondary N) is 1. The summed E-state index contributed by atoms with van der Waals surface area (Å²) in [5.74, 6) is 1.90. The lowest BCUT2D eigenvalue weighted by molar-refractivity contribution is 0.208. The van der Waals surface area contributed by atoms with Gasteiger partial charge in [0.05, 0.1) is 31.8 Å². The highest BCUT2D eigenvalue weighted by Gasteiger charge is 2.23. The molecule has 1 aliphatic rings. The third kappa shape index (κ3) is 4.19. The highest BCUT2D eigenvalue weighted by Crippen LogP contribution is 2.34. The largest absolute Gasteiger partial charge is 0.493 e. The Hall–Kier alpha value is -3.23. The van der Waals surface area contributed by atoms with E-state index in [1.807, 2.05) is 31.1 Å². The number of aromatic nitrogens is 2. The van der Waals surface area contributed by atoms with E-state index in [0.717, 1.165) is 11.5 Å². The fourth-order valence-corrected chi connectivity index (χ4v) is 3.06. The van der Waals surface area contributed by atoms with Crippen LogP contribution in [0, 0.1) is 0 Å². The van der Waals surface area contributed by atoms with E-state index in [2.05, 4.69) is 20.4 Å².